The highest BCUT2D eigenvalue weighted by molar-refractivity contribution is 7.90. The molecule has 0 radical (unpaired) electrons. The molecule has 0 unspecified atom stereocenters. The Bertz CT molecular complexity index is 869. The Morgan fingerprint density at radius 1 is 1.28 bits per heavy atom. The summed E-state index contributed by atoms with van der Waals surface area (Å²) in [6, 6.07) is 6.02. The lowest BCUT2D eigenvalue weighted by molar-refractivity contribution is 0.0551. The number of sulfone groups is 1. The van der Waals surface area contributed by atoms with Crippen molar-refractivity contribution in [1.29, 1.82) is 0 Å². The maximum absolute atomic E-state index is 11.8. The Kier molecular flexibility index (Phi) is 4.56. The number of fused-ring (bicyclic) bond motifs is 3. The Labute approximate surface area is 148 Å². The van der Waals surface area contributed by atoms with Crippen LogP contribution in [0.4, 0.5) is 0 Å². The Hall–Kier alpha value is -1.44. The third-order valence-corrected chi connectivity index (χ3v) is 6.43. The predicted octanol–water partition coefficient (Wildman–Crippen LogP) is 2.43. The number of hydrogen-bond donors (Lipinski definition) is 1. The van der Waals surface area contributed by atoms with E-state index in [1.165, 1.54) is 38.4 Å². The van der Waals surface area contributed by atoms with Gasteiger partial charge in [0.1, 0.15) is 12.4 Å². The molecule has 1 saturated carbocycles. The molecule has 0 saturated heterocycles. The van der Waals surface area contributed by atoms with Crippen LogP contribution in [-0.2, 0) is 21.2 Å². The van der Waals surface area contributed by atoms with Crippen molar-refractivity contribution in [3.63, 3.8) is 0 Å². The van der Waals surface area contributed by atoms with Crippen LogP contribution in [0, 0.1) is 0 Å². The summed E-state index contributed by atoms with van der Waals surface area (Å²) in [5.41, 5.74) is 1.72. The largest absolute Gasteiger partial charge is 0.371 e. The first-order valence-corrected chi connectivity index (χ1v) is 10.9. The molecule has 4 rings (SSSR count). The van der Waals surface area contributed by atoms with Gasteiger partial charge >= 0.3 is 0 Å². The molecule has 1 aliphatic heterocycles. The number of ether oxygens (including phenoxy) is 1. The van der Waals surface area contributed by atoms with Crippen LogP contribution in [-0.4, -0.2) is 43.4 Å². The molecule has 1 N–H and O–H groups in total. The van der Waals surface area contributed by atoms with E-state index in [0.717, 1.165) is 23.4 Å². The van der Waals surface area contributed by atoms with Crippen molar-refractivity contribution in [3.8, 4) is 0 Å². The molecule has 6 nitrogen and oxygen atoms in total. The van der Waals surface area contributed by atoms with Crippen LogP contribution in [0.2, 0.25) is 0 Å². The van der Waals surface area contributed by atoms with Gasteiger partial charge in [0.15, 0.2) is 9.84 Å². The molecule has 2 aromatic rings. The summed E-state index contributed by atoms with van der Waals surface area (Å²) >= 11 is 0. The minimum atomic E-state index is -3.23. The molecular formula is C18H25N3O3S. The summed E-state index contributed by atoms with van der Waals surface area (Å²) in [5.74, 6) is 0.877. The lowest BCUT2D eigenvalue weighted by Crippen LogP contribution is -2.38. The van der Waals surface area contributed by atoms with Crippen LogP contribution < -0.4 is 5.32 Å². The van der Waals surface area contributed by atoms with Crippen LogP contribution >= 0.6 is 0 Å². The Balaban J connectivity index is 1.61. The quantitative estimate of drug-likeness (QED) is 0.903. The number of aromatic nitrogens is 2. The predicted molar refractivity (Wildman–Crippen MR) is 96.4 cm³/mol. The lowest BCUT2D eigenvalue weighted by atomic mass is 9.95. The first-order valence-electron chi connectivity index (χ1n) is 9.04. The maximum atomic E-state index is 11.8. The van der Waals surface area contributed by atoms with Crippen molar-refractivity contribution in [1.82, 2.24) is 14.9 Å². The molecular weight excluding hydrogens is 338 g/mol. The second kappa shape index (κ2) is 6.70. The molecule has 7 heteroatoms. The number of benzene rings is 1. The lowest BCUT2D eigenvalue weighted by Gasteiger charge is -2.30. The second-order valence-corrected chi connectivity index (χ2v) is 9.25. The van der Waals surface area contributed by atoms with Gasteiger partial charge in [-0.15, -0.1) is 0 Å². The average molecular weight is 363 g/mol. The summed E-state index contributed by atoms with van der Waals surface area (Å²) in [7, 11) is -3.23. The summed E-state index contributed by atoms with van der Waals surface area (Å²) in [6.45, 7) is 1.99. The van der Waals surface area contributed by atoms with Crippen molar-refractivity contribution in [2.45, 2.75) is 55.7 Å². The molecule has 0 bridgehead atoms. The molecule has 136 valence electrons. The van der Waals surface area contributed by atoms with Gasteiger partial charge in [-0.1, -0.05) is 19.3 Å². The molecule has 1 atom stereocenters. The first-order chi connectivity index (χ1) is 12.0. The van der Waals surface area contributed by atoms with Crippen molar-refractivity contribution in [2.24, 2.45) is 0 Å². The van der Waals surface area contributed by atoms with E-state index in [2.05, 4.69) is 14.9 Å². The van der Waals surface area contributed by atoms with Crippen LogP contribution in [0.15, 0.2) is 23.1 Å². The van der Waals surface area contributed by atoms with Gasteiger partial charge in [-0.25, -0.2) is 13.4 Å². The van der Waals surface area contributed by atoms with Gasteiger partial charge in [-0.05, 0) is 31.0 Å². The van der Waals surface area contributed by atoms with E-state index < -0.39 is 9.84 Å². The topological polar surface area (TPSA) is 73.2 Å². The maximum Gasteiger partial charge on any atom is 0.175 e. The van der Waals surface area contributed by atoms with Crippen molar-refractivity contribution >= 4 is 20.9 Å². The SMILES string of the molecule is CS(=O)(=O)c1ccc2c(c1)nc1n2[C@@H](CNC2CCCCC2)COC1. The summed E-state index contributed by atoms with van der Waals surface area (Å²) in [6.07, 6.45) is 7.71. The summed E-state index contributed by atoms with van der Waals surface area (Å²) in [4.78, 5) is 4.93. The zero-order chi connectivity index (χ0) is 17.4. The van der Waals surface area contributed by atoms with E-state index in [1.807, 2.05) is 6.07 Å². The summed E-state index contributed by atoms with van der Waals surface area (Å²) in [5, 5.41) is 3.70. The number of rotatable bonds is 4. The molecule has 0 amide bonds. The standard InChI is InChI=1S/C18H25N3O3S/c1-25(22,23)15-7-8-17-16(9-15)20-18-12-24-11-14(21(17)18)10-19-13-5-3-2-4-6-13/h7-9,13-14,19H,2-6,10-12H2,1H3/t14-/m0/s1. The molecule has 2 heterocycles. The van der Waals surface area contributed by atoms with Gasteiger partial charge in [0.25, 0.3) is 0 Å². The Morgan fingerprint density at radius 2 is 2.08 bits per heavy atom. The minimum absolute atomic E-state index is 0.194. The highest BCUT2D eigenvalue weighted by atomic mass is 32.2. The van der Waals surface area contributed by atoms with Crippen molar-refractivity contribution in [3.05, 3.63) is 24.0 Å². The smallest absolute Gasteiger partial charge is 0.175 e. The second-order valence-electron chi connectivity index (χ2n) is 7.23. The average Bonchev–Trinajstić information content (AvgIpc) is 2.98. The van der Waals surface area contributed by atoms with Gasteiger partial charge in [-0.2, -0.15) is 0 Å². The normalized spacial score (nSPS) is 22.2. The van der Waals surface area contributed by atoms with Crippen molar-refractivity contribution < 1.29 is 13.2 Å². The van der Waals surface area contributed by atoms with E-state index in [-0.39, 0.29) is 6.04 Å². The third-order valence-electron chi connectivity index (χ3n) is 5.32. The molecule has 1 fully saturated rings. The molecule has 1 aromatic carbocycles. The van der Waals surface area contributed by atoms with E-state index >= 15 is 0 Å². The number of imidazole rings is 1. The van der Waals surface area contributed by atoms with Crippen LogP contribution in [0.1, 0.15) is 44.0 Å². The molecule has 2 aliphatic rings. The zero-order valence-corrected chi connectivity index (χ0v) is 15.4. The minimum Gasteiger partial charge on any atom is -0.371 e. The van der Waals surface area contributed by atoms with E-state index in [1.54, 1.807) is 12.1 Å². The Morgan fingerprint density at radius 3 is 2.84 bits per heavy atom. The van der Waals surface area contributed by atoms with E-state index in [0.29, 0.717) is 24.2 Å². The number of nitrogens with one attached hydrogen (secondary N) is 1. The van der Waals surface area contributed by atoms with Crippen LogP contribution in [0.5, 0.6) is 0 Å². The van der Waals surface area contributed by atoms with Crippen LogP contribution in [0.25, 0.3) is 11.0 Å². The molecule has 1 aliphatic carbocycles. The first kappa shape index (κ1) is 17.0. The van der Waals surface area contributed by atoms with Crippen LogP contribution in [0.3, 0.4) is 0 Å². The van der Waals surface area contributed by atoms with Gasteiger partial charge in [-0.3, -0.25) is 0 Å². The highest BCUT2D eigenvalue weighted by Gasteiger charge is 2.25. The molecule has 25 heavy (non-hydrogen) atoms. The van der Waals surface area contributed by atoms with E-state index in [4.69, 9.17) is 4.74 Å². The molecule has 0 spiro atoms. The fourth-order valence-electron chi connectivity index (χ4n) is 3.99. The van der Waals surface area contributed by atoms with Gasteiger partial charge in [0, 0.05) is 18.8 Å². The van der Waals surface area contributed by atoms with Gasteiger partial charge in [0.05, 0.1) is 28.6 Å². The van der Waals surface area contributed by atoms with Gasteiger partial charge in [0.2, 0.25) is 0 Å². The van der Waals surface area contributed by atoms with Crippen molar-refractivity contribution in [2.75, 3.05) is 19.4 Å². The van der Waals surface area contributed by atoms with E-state index in [9.17, 15) is 8.42 Å². The van der Waals surface area contributed by atoms with Gasteiger partial charge < -0.3 is 14.6 Å². The third kappa shape index (κ3) is 3.45. The fraction of sp³-hybridized carbons (Fsp3) is 0.611. The fourth-order valence-corrected chi connectivity index (χ4v) is 4.63. The molecule has 1 aromatic heterocycles. The number of hydrogen-bond acceptors (Lipinski definition) is 5. The zero-order valence-electron chi connectivity index (χ0n) is 14.6. The summed E-state index contributed by atoms with van der Waals surface area (Å²) < 4.78 is 31.5. The highest BCUT2D eigenvalue weighted by Crippen LogP contribution is 2.28. The monoisotopic (exact) mass is 363 g/mol. The number of nitrogens with zero attached hydrogens (tertiary/aromatic N) is 2.